The first kappa shape index (κ1) is 21.8. The second kappa shape index (κ2) is 10.2. The number of halogens is 1. The zero-order valence-electron chi connectivity index (χ0n) is 16.2. The van der Waals surface area contributed by atoms with Crippen molar-refractivity contribution in [3.8, 4) is 0 Å². The summed E-state index contributed by atoms with van der Waals surface area (Å²) in [5, 5.41) is 16.9. The van der Waals surface area contributed by atoms with Crippen molar-refractivity contribution >= 4 is 23.5 Å². The average Bonchev–Trinajstić information content (AvgIpc) is 2.63. The van der Waals surface area contributed by atoms with Crippen LogP contribution in [0, 0.1) is 16.0 Å². The van der Waals surface area contributed by atoms with Gasteiger partial charge in [0.1, 0.15) is 16.3 Å². The van der Waals surface area contributed by atoms with Gasteiger partial charge in [-0.15, -0.1) is 0 Å². The normalized spacial score (nSPS) is 17.5. The molecule has 0 bridgehead atoms. The molecule has 0 aliphatic carbocycles. The Morgan fingerprint density at radius 2 is 2.25 bits per heavy atom. The van der Waals surface area contributed by atoms with Crippen LogP contribution < -0.4 is 5.32 Å². The molecule has 1 aromatic rings. The Morgan fingerprint density at radius 1 is 1.50 bits per heavy atom. The smallest absolute Gasteiger partial charge is 0.323 e. The third kappa shape index (κ3) is 6.31. The van der Waals surface area contributed by atoms with Crippen LogP contribution in [0.5, 0.6) is 0 Å². The Labute approximate surface area is 168 Å². The van der Waals surface area contributed by atoms with Crippen LogP contribution in [-0.4, -0.2) is 57.7 Å². The lowest BCUT2D eigenvalue weighted by atomic mass is 10.0. The van der Waals surface area contributed by atoms with Crippen LogP contribution in [0.2, 0.25) is 5.15 Å². The van der Waals surface area contributed by atoms with Crippen LogP contribution in [-0.2, 0) is 16.1 Å². The number of hydrazone groups is 1. The van der Waals surface area contributed by atoms with Crippen molar-refractivity contribution in [2.45, 2.75) is 39.8 Å². The maximum Gasteiger partial charge on any atom is 0.323 e. The number of nitrogens with one attached hydrogen (secondary N) is 1. The summed E-state index contributed by atoms with van der Waals surface area (Å²) in [6.07, 6.45) is 2.21. The SMILES string of the molecule is CCOC(=O)[C@H](CC(C)C)N1CN/C(=N\[N+](=O)[O-])N(Cc2ccc(Cl)nc2)C1. The third-order valence-electron chi connectivity index (χ3n) is 4.12. The highest BCUT2D eigenvalue weighted by molar-refractivity contribution is 6.29. The zero-order valence-corrected chi connectivity index (χ0v) is 16.9. The molecule has 1 N–H and O–H groups in total. The second-order valence-corrected chi connectivity index (χ2v) is 7.20. The fourth-order valence-electron chi connectivity index (χ4n) is 2.93. The minimum atomic E-state index is -0.748. The van der Waals surface area contributed by atoms with Crippen molar-refractivity contribution < 1.29 is 14.6 Å². The molecule has 11 heteroatoms. The molecule has 0 spiro atoms. The summed E-state index contributed by atoms with van der Waals surface area (Å²) in [6.45, 7) is 6.96. The van der Waals surface area contributed by atoms with Gasteiger partial charge in [0.25, 0.3) is 5.96 Å². The van der Waals surface area contributed by atoms with Gasteiger partial charge in [-0.25, -0.2) is 15.1 Å². The van der Waals surface area contributed by atoms with Crippen LogP contribution >= 0.6 is 11.6 Å². The highest BCUT2D eigenvalue weighted by Crippen LogP contribution is 2.18. The molecule has 1 saturated heterocycles. The molecule has 0 radical (unpaired) electrons. The molecule has 10 nitrogen and oxygen atoms in total. The fraction of sp³-hybridized carbons (Fsp3) is 0.588. The number of hydrogen-bond donors (Lipinski definition) is 1. The predicted molar refractivity (Wildman–Crippen MR) is 104 cm³/mol. The van der Waals surface area contributed by atoms with E-state index in [-0.39, 0.29) is 31.2 Å². The minimum Gasteiger partial charge on any atom is -0.465 e. The van der Waals surface area contributed by atoms with E-state index in [9.17, 15) is 14.9 Å². The second-order valence-electron chi connectivity index (χ2n) is 6.81. The van der Waals surface area contributed by atoms with Crippen LogP contribution in [0.4, 0.5) is 0 Å². The molecule has 2 heterocycles. The molecule has 1 aromatic heterocycles. The molecule has 0 aromatic carbocycles. The summed E-state index contributed by atoms with van der Waals surface area (Å²) in [6, 6.07) is 2.97. The minimum absolute atomic E-state index is 0.128. The molecule has 0 amide bonds. The average molecular weight is 413 g/mol. The van der Waals surface area contributed by atoms with Crippen molar-refractivity contribution in [1.29, 1.82) is 0 Å². The maximum absolute atomic E-state index is 12.5. The van der Waals surface area contributed by atoms with Crippen molar-refractivity contribution in [1.82, 2.24) is 20.1 Å². The number of nitrogens with zero attached hydrogens (tertiary/aromatic N) is 5. The van der Waals surface area contributed by atoms with Crippen molar-refractivity contribution in [2.24, 2.45) is 11.0 Å². The number of hydrogen-bond acceptors (Lipinski definition) is 6. The Bertz CT molecular complexity index is 712. The van der Waals surface area contributed by atoms with Crippen molar-refractivity contribution in [3.63, 3.8) is 0 Å². The van der Waals surface area contributed by atoms with E-state index < -0.39 is 11.1 Å². The molecule has 1 aliphatic rings. The first-order valence-corrected chi connectivity index (χ1v) is 9.40. The summed E-state index contributed by atoms with van der Waals surface area (Å²) in [4.78, 5) is 31.0. The topological polar surface area (TPSA) is 113 Å². The van der Waals surface area contributed by atoms with Gasteiger partial charge in [-0.3, -0.25) is 9.69 Å². The quantitative estimate of drug-likeness (QED) is 0.298. The van der Waals surface area contributed by atoms with Gasteiger partial charge >= 0.3 is 5.97 Å². The van der Waals surface area contributed by atoms with E-state index in [2.05, 4.69) is 15.4 Å². The molecule has 1 fully saturated rings. The summed E-state index contributed by atoms with van der Waals surface area (Å²) < 4.78 is 5.23. The Hall–Kier alpha value is -2.46. The number of guanidine groups is 1. The van der Waals surface area contributed by atoms with E-state index in [4.69, 9.17) is 16.3 Å². The lowest BCUT2D eigenvalue weighted by Gasteiger charge is -2.40. The van der Waals surface area contributed by atoms with Crippen LogP contribution in [0.1, 0.15) is 32.8 Å². The zero-order chi connectivity index (χ0) is 20.7. The van der Waals surface area contributed by atoms with Gasteiger partial charge in [0.15, 0.2) is 5.03 Å². The number of aromatic nitrogens is 1. The largest absolute Gasteiger partial charge is 0.465 e. The predicted octanol–water partition coefficient (Wildman–Crippen LogP) is 1.88. The van der Waals surface area contributed by atoms with E-state index in [0.717, 1.165) is 5.56 Å². The van der Waals surface area contributed by atoms with Gasteiger partial charge in [-0.2, -0.15) is 0 Å². The van der Waals surface area contributed by atoms with Crippen LogP contribution in [0.25, 0.3) is 0 Å². The Balaban J connectivity index is 2.23. The van der Waals surface area contributed by atoms with Gasteiger partial charge in [0.2, 0.25) is 0 Å². The van der Waals surface area contributed by atoms with E-state index in [1.165, 1.54) is 0 Å². The lowest BCUT2D eigenvalue weighted by molar-refractivity contribution is -0.486. The number of esters is 1. The highest BCUT2D eigenvalue weighted by Gasteiger charge is 2.34. The number of pyridine rings is 1. The number of carbonyl (C=O) groups is 1. The number of rotatable bonds is 8. The molecule has 0 saturated carbocycles. The van der Waals surface area contributed by atoms with Crippen molar-refractivity contribution in [2.75, 3.05) is 19.9 Å². The number of nitro groups is 1. The highest BCUT2D eigenvalue weighted by atomic mass is 35.5. The van der Waals surface area contributed by atoms with Gasteiger partial charge in [0, 0.05) is 12.7 Å². The summed E-state index contributed by atoms with van der Waals surface area (Å²) in [5.41, 5.74) is 0.806. The molecular weight excluding hydrogens is 388 g/mol. The van der Waals surface area contributed by atoms with E-state index in [0.29, 0.717) is 24.7 Å². The molecule has 0 unspecified atom stereocenters. The van der Waals surface area contributed by atoms with E-state index in [1.54, 1.807) is 30.2 Å². The van der Waals surface area contributed by atoms with Gasteiger partial charge < -0.3 is 15.0 Å². The van der Waals surface area contributed by atoms with Gasteiger partial charge in [-0.05, 0) is 30.9 Å². The Morgan fingerprint density at radius 3 is 2.82 bits per heavy atom. The monoisotopic (exact) mass is 412 g/mol. The molecule has 2 rings (SSSR count). The summed E-state index contributed by atoms with van der Waals surface area (Å²) in [5.74, 6) is 0.0984. The first-order valence-electron chi connectivity index (χ1n) is 9.03. The molecule has 154 valence electrons. The molecule has 1 atom stereocenters. The number of carbonyl (C=O) groups excluding carboxylic acids is 1. The van der Waals surface area contributed by atoms with Gasteiger partial charge in [0.05, 0.1) is 19.9 Å². The third-order valence-corrected chi connectivity index (χ3v) is 4.35. The molecular formula is C17H25ClN6O4. The lowest BCUT2D eigenvalue weighted by Crippen LogP contribution is -2.61. The van der Waals surface area contributed by atoms with Crippen LogP contribution in [0.15, 0.2) is 23.4 Å². The van der Waals surface area contributed by atoms with E-state index >= 15 is 0 Å². The molecule has 28 heavy (non-hydrogen) atoms. The van der Waals surface area contributed by atoms with Crippen molar-refractivity contribution in [3.05, 3.63) is 39.2 Å². The summed E-state index contributed by atoms with van der Waals surface area (Å²) >= 11 is 5.82. The first-order chi connectivity index (χ1) is 13.3. The Kier molecular flexibility index (Phi) is 7.94. The summed E-state index contributed by atoms with van der Waals surface area (Å²) in [7, 11) is 0. The fourth-order valence-corrected chi connectivity index (χ4v) is 3.04. The number of ether oxygens (including phenoxy) is 1. The van der Waals surface area contributed by atoms with E-state index in [1.807, 2.05) is 18.7 Å². The maximum atomic E-state index is 12.5. The van der Waals surface area contributed by atoms with Crippen LogP contribution in [0.3, 0.4) is 0 Å². The standard InChI is InChI=1S/C17H25ClN6O4/c1-4-28-16(25)14(7-12(2)3)23-10-20-17(21-24(26)27)22(11-23)9-13-5-6-15(18)19-8-13/h5-6,8,12,14H,4,7,9-11H2,1-3H3,(H,20,21)/t14-/m0/s1. The molecule has 1 aliphatic heterocycles. The van der Waals surface area contributed by atoms with Gasteiger partial charge in [-0.1, -0.05) is 31.5 Å².